The maximum absolute atomic E-state index is 13.1. The van der Waals surface area contributed by atoms with Crippen LogP contribution in [0.4, 0.5) is 10.1 Å². The van der Waals surface area contributed by atoms with E-state index in [4.69, 9.17) is 4.52 Å². The molecule has 0 saturated carbocycles. The number of carbonyl (C=O) groups excluding carboxylic acids is 1. The number of nitro benzene ring substituents is 1. The van der Waals surface area contributed by atoms with E-state index in [1.54, 1.807) is 23.1 Å². The van der Waals surface area contributed by atoms with Crippen molar-refractivity contribution in [2.24, 2.45) is 0 Å². The van der Waals surface area contributed by atoms with Gasteiger partial charge < -0.3 is 9.42 Å². The Balaban J connectivity index is 1.50. The number of hydrogen-bond donors (Lipinski definition) is 0. The Labute approximate surface area is 165 Å². The predicted octanol–water partition coefficient (Wildman–Crippen LogP) is 3.80. The first-order chi connectivity index (χ1) is 14.0. The summed E-state index contributed by atoms with van der Waals surface area (Å²) in [7, 11) is 0. The average molecular weight is 396 g/mol. The van der Waals surface area contributed by atoms with Crippen molar-refractivity contribution >= 4 is 11.6 Å². The van der Waals surface area contributed by atoms with Crippen LogP contribution in [0.15, 0.2) is 53.1 Å². The summed E-state index contributed by atoms with van der Waals surface area (Å²) in [5.41, 5.74) is 0.796. The molecule has 1 aliphatic rings. The van der Waals surface area contributed by atoms with E-state index in [0.717, 1.165) is 12.8 Å². The van der Waals surface area contributed by atoms with E-state index in [0.29, 0.717) is 30.4 Å². The molecule has 4 rings (SSSR count). The second kappa shape index (κ2) is 7.78. The lowest BCUT2D eigenvalue weighted by Gasteiger charge is -2.31. The number of benzene rings is 2. The van der Waals surface area contributed by atoms with Gasteiger partial charge in [0.1, 0.15) is 5.82 Å². The first-order valence-corrected chi connectivity index (χ1v) is 9.14. The Morgan fingerprint density at radius 3 is 2.79 bits per heavy atom. The van der Waals surface area contributed by atoms with Gasteiger partial charge in [-0.15, -0.1) is 0 Å². The predicted molar refractivity (Wildman–Crippen MR) is 101 cm³/mol. The molecule has 0 bridgehead atoms. The topological polar surface area (TPSA) is 102 Å². The number of hydrogen-bond acceptors (Lipinski definition) is 6. The molecule has 1 saturated heterocycles. The van der Waals surface area contributed by atoms with Crippen LogP contribution >= 0.6 is 0 Å². The molecule has 1 atom stereocenters. The van der Waals surface area contributed by atoms with Gasteiger partial charge in [0.25, 0.3) is 11.6 Å². The standard InChI is InChI=1S/C20H17FN4O4/c21-16-8-6-13(7-9-16)18-22-19(29-23-18)15-4-2-10-24(12-15)20(26)14-3-1-5-17(11-14)25(27)28/h1,3,5-9,11,15H,2,4,10,12H2/t15-/m0/s1. The number of amides is 1. The maximum Gasteiger partial charge on any atom is 0.270 e. The number of likely N-dealkylation sites (tertiary alicyclic amines) is 1. The fourth-order valence-electron chi connectivity index (χ4n) is 3.42. The van der Waals surface area contributed by atoms with Crippen molar-refractivity contribution in [1.82, 2.24) is 15.0 Å². The zero-order valence-electron chi connectivity index (χ0n) is 15.3. The normalized spacial score (nSPS) is 16.6. The molecule has 0 aliphatic carbocycles. The number of non-ortho nitro benzene ring substituents is 1. The van der Waals surface area contributed by atoms with Crippen molar-refractivity contribution in [3.63, 3.8) is 0 Å². The second-order valence-corrected chi connectivity index (χ2v) is 6.86. The zero-order chi connectivity index (χ0) is 20.4. The Kier molecular flexibility index (Phi) is 5.03. The van der Waals surface area contributed by atoms with Gasteiger partial charge in [-0.05, 0) is 43.2 Å². The lowest BCUT2D eigenvalue weighted by atomic mass is 9.97. The first-order valence-electron chi connectivity index (χ1n) is 9.14. The van der Waals surface area contributed by atoms with Crippen molar-refractivity contribution in [3.8, 4) is 11.4 Å². The molecular formula is C20H17FN4O4. The van der Waals surface area contributed by atoms with Crippen LogP contribution in [0.3, 0.4) is 0 Å². The summed E-state index contributed by atoms with van der Waals surface area (Å²) in [5.74, 6) is 0.0350. The molecule has 1 aliphatic heterocycles. The van der Waals surface area contributed by atoms with Crippen molar-refractivity contribution in [2.75, 3.05) is 13.1 Å². The molecule has 1 aromatic heterocycles. The van der Waals surface area contributed by atoms with Gasteiger partial charge in [0.2, 0.25) is 11.7 Å². The van der Waals surface area contributed by atoms with E-state index in [2.05, 4.69) is 10.1 Å². The SMILES string of the molecule is O=C(c1cccc([N+](=O)[O-])c1)N1CCC[C@H](c2nc(-c3ccc(F)cc3)no2)C1. The monoisotopic (exact) mass is 396 g/mol. The third-order valence-corrected chi connectivity index (χ3v) is 4.91. The molecule has 0 radical (unpaired) electrons. The highest BCUT2D eigenvalue weighted by molar-refractivity contribution is 5.95. The summed E-state index contributed by atoms with van der Waals surface area (Å²) in [6.07, 6.45) is 1.53. The summed E-state index contributed by atoms with van der Waals surface area (Å²) < 4.78 is 18.5. The third kappa shape index (κ3) is 3.98. The van der Waals surface area contributed by atoms with Gasteiger partial charge in [-0.3, -0.25) is 14.9 Å². The number of nitrogens with zero attached hydrogens (tertiary/aromatic N) is 4. The highest BCUT2D eigenvalue weighted by atomic mass is 19.1. The lowest BCUT2D eigenvalue weighted by molar-refractivity contribution is -0.384. The number of piperidine rings is 1. The van der Waals surface area contributed by atoms with Crippen LogP contribution in [0, 0.1) is 15.9 Å². The van der Waals surface area contributed by atoms with Gasteiger partial charge >= 0.3 is 0 Å². The van der Waals surface area contributed by atoms with Gasteiger partial charge in [-0.25, -0.2) is 4.39 Å². The Hall–Kier alpha value is -3.62. The number of rotatable bonds is 4. The molecule has 1 amide bonds. The smallest absolute Gasteiger partial charge is 0.270 e. The summed E-state index contributed by atoms with van der Waals surface area (Å²) in [6, 6.07) is 11.5. The molecule has 0 N–H and O–H groups in total. The fraction of sp³-hybridized carbons (Fsp3) is 0.250. The molecule has 0 unspecified atom stereocenters. The molecule has 0 spiro atoms. The van der Waals surface area contributed by atoms with Crippen LogP contribution in [0.25, 0.3) is 11.4 Å². The van der Waals surface area contributed by atoms with Crippen LogP contribution in [0.5, 0.6) is 0 Å². The van der Waals surface area contributed by atoms with E-state index in [1.165, 1.54) is 30.3 Å². The number of aromatic nitrogens is 2. The maximum atomic E-state index is 13.1. The van der Waals surface area contributed by atoms with E-state index < -0.39 is 4.92 Å². The van der Waals surface area contributed by atoms with Gasteiger partial charge in [0, 0.05) is 36.3 Å². The van der Waals surface area contributed by atoms with Crippen LogP contribution in [-0.4, -0.2) is 39.0 Å². The third-order valence-electron chi connectivity index (χ3n) is 4.91. The molecule has 3 aromatic rings. The minimum absolute atomic E-state index is 0.120. The zero-order valence-corrected chi connectivity index (χ0v) is 15.3. The molecular weight excluding hydrogens is 379 g/mol. The lowest BCUT2D eigenvalue weighted by Crippen LogP contribution is -2.39. The van der Waals surface area contributed by atoms with Gasteiger partial charge in [-0.2, -0.15) is 4.98 Å². The molecule has 29 heavy (non-hydrogen) atoms. The highest BCUT2D eigenvalue weighted by Crippen LogP contribution is 2.29. The van der Waals surface area contributed by atoms with Gasteiger partial charge in [0.05, 0.1) is 10.8 Å². The second-order valence-electron chi connectivity index (χ2n) is 6.86. The van der Waals surface area contributed by atoms with Crippen molar-refractivity contribution in [3.05, 3.63) is 75.9 Å². The molecule has 2 aromatic carbocycles. The van der Waals surface area contributed by atoms with Gasteiger partial charge in [-0.1, -0.05) is 11.2 Å². The summed E-state index contributed by atoms with van der Waals surface area (Å²) in [4.78, 5) is 29.3. The van der Waals surface area contributed by atoms with E-state index in [9.17, 15) is 19.3 Å². The minimum atomic E-state index is -0.523. The van der Waals surface area contributed by atoms with Crippen LogP contribution in [-0.2, 0) is 0 Å². The van der Waals surface area contributed by atoms with E-state index in [-0.39, 0.29) is 28.9 Å². The summed E-state index contributed by atoms with van der Waals surface area (Å²) in [6.45, 7) is 0.934. The Morgan fingerprint density at radius 1 is 1.24 bits per heavy atom. The average Bonchev–Trinajstić information content (AvgIpc) is 3.24. The minimum Gasteiger partial charge on any atom is -0.339 e. The fourth-order valence-corrected chi connectivity index (χ4v) is 3.42. The van der Waals surface area contributed by atoms with Crippen LogP contribution < -0.4 is 0 Å². The molecule has 148 valence electrons. The van der Waals surface area contributed by atoms with E-state index in [1.807, 2.05) is 0 Å². The largest absolute Gasteiger partial charge is 0.339 e. The molecule has 9 heteroatoms. The Morgan fingerprint density at radius 2 is 2.03 bits per heavy atom. The molecule has 8 nitrogen and oxygen atoms in total. The molecule has 2 heterocycles. The first kappa shape index (κ1) is 18.7. The Bertz CT molecular complexity index is 1050. The molecule has 1 fully saturated rings. The number of halogens is 1. The number of carbonyl (C=O) groups is 1. The van der Waals surface area contributed by atoms with Crippen LogP contribution in [0.2, 0.25) is 0 Å². The summed E-state index contributed by atoms with van der Waals surface area (Å²) >= 11 is 0. The van der Waals surface area contributed by atoms with Gasteiger partial charge in [0.15, 0.2) is 0 Å². The van der Waals surface area contributed by atoms with Crippen molar-refractivity contribution < 1.29 is 18.6 Å². The van der Waals surface area contributed by atoms with Crippen LogP contribution in [0.1, 0.15) is 35.0 Å². The van der Waals surface area contributed by atoms with E-state index >= 15 is 0 Å². The highest BCUT2D eigenvalue weighted by Gasteiger charge is 2.29. The number of nitro groups is 1. The van der Waals surface area contributed by atoms with Crippen molar-refractivity contribution in [1.29, 1.82) is 0 Å². The quantitative estimate of drug-likeness (QED) is 0.491. The van der Waals surface area contributed by atoms with Crippen molar-refractivity contribution in [2.45, 2.75) is 18.8 Å². The summed E-state index contributed by atoms with van der Waals surface area (Å²) in [5, 5.41) is 14.9.